The average molecular weight is 345 g/mol. The van der Waals surface area contributed by atoms with Gasteiger partial charge in [-0.25, -0.2) is 0 Å². The fourth-order valence-corrected chi connectivity index (χ4v) is 3.64. The van der Waals surface area contributed by atoms with E-state index in [1.54, 1.807) is 0 Å². The summed E-state index contributed by atoms with van der Waals surface area (Å²) < 4.78 is 6.18. The largest absolute Gasteiger partial charge is 0.360 e. The van der Waals surface area contributed by atoms with Crippen LogP contribution in [0.3, 0.4) is 0 Å². The molecule has 1 aromatic carbocycles. The summed E-state index contributed by atoms with van der Waals surface area (Å²) >= 11 is 0. The van der Waals surface area contributed by atoms with Gasteiger partial charge in [0.1, 0.15) is 0 Å². The van der Waals surface area contributed by atoms with Gasteiger partial charge in [0.25, 0.3) is 5.91 Å². The molecule has 1 N–H and O–H groups in total. The van der Waals surface area contributed by atoms with Gasteiger partial charge in [0.15, 0.2) is 6.10 Å². The fraction of sp³-hybridized carbons (Fsp3) is 0.650. The van der Waals surface area contributed by atoms with Gasteiger partial charge in [0, 0.05) is 39.3 Å². The summed E-state index contributed by atoms with van der Waals surface area (Å²) in [6, 6.07) is 9.89. The van der Waals surface area contributed by atoms with Crippen molar-refractivity contribution in [3.05, 3.63) is 35.9 Å². The number of piperazine rings is 1. The van der Waals surface area contributed by atoms with Crippen LogP contribution in [-0.4, -0.2) is 68.1 Å². The van der Waals surface area contributed by atoms with Crippen LogP contribution in [0.15, 0.2) is 30.3 Å². The van der Waals surface area contributed by atoms with Crippen molar-refractivity contribution in [1.29, 1.82) is 0 Å². The van der Waals surface area contributed by atoms with Gasteiger partial charge in [-0.3, -0.25) is 9.69 Å². The molecular weight excluding hydrogens is 314 g/mol. The number of hydrogen-bond acceptors (Lipinski definition) is 4. The van der Waals surface area contributed by atoms with Gasteiger partial charge in [-0.15, -0.1) is 0 Å². The summed E-state index contributed by atoms with van der Waals surface area (Å²) in [7, 11) is 2.16. The first-order chi connectivity index (χ1) is 12.2. The molecule has 138 valence electrons. The first-order valence-electron chi connectivity index (χ1n) is 9.61. The molecule has 1 saturated heterocycles. The van der Waals surface area contributed by atoms with Crippen LogP contribution in [0.2, 0.25) is 0 Å². The van der Waals surface area contributed by atoms with Gasteiger partial charge in [0.05, 0.1) is 6.10 Å². The zero-order valence-corrected chi connectivity index (χ0v) is 15.3. The highest BCUT2D eigenvalue weighted by atomic mass is 16.5. The third kappa shape index (κ3) is 5.53. The molecule has 1 aliphatic heterocycles. The van der Waals surface area contributed by atoms with Crippen molar-refractivity contribution in [2.45, 2.75) is 37.9 Å². The van der Waals surface area contributed by atoms with Crippen LogP contribution in [0.1, 0.15) is 37.4 Å². The molecule has 1 saturated carbocycles. The lowest BCUT2D eigenvalue weighted by Gasteiger charge is -2.32. The molecule has 0 unspecified atom stereocenters. The van der Waals surface area contributed by atoms with Crippen molar-refractivity contribution >= 4 is 5.91 Å². The number of benzene rings is 1. The van der Waals surface area contributed by atoms with E-state index in [0.717, 1.165) is 51.1 Å². The van der Waals surface area contributed by atoms with Gasteiger partial charge in [-0.1, -0.05) is 43.2 Å². The van der Waals surface area contributed by atoms with Gasteiger partial charge in [-0.2, -0.15) is 0 Å². The highest BCUT2D eigenvalue weighted by Gasteiger charge is 2.27. The van der Waals surface area contributed by atoms with Crippen LogP contribution in [0, 0.1) is 0 Å². The van der Waals surface area contributed by atoms with Crippen molar-refractivity contribution in [2.75, 3.05) is 46.3 Å². The number of amides is 1. The smallest absolute Gasteiger partial charge is 0.253 e. The maximum absolute atomic E-state index is 12.8. The molecule has 1 aromatic rings. The molecule has 5 heteroatoms. The lowest BCUT2D eigenvalue weighted by atomic mass is 10.1. The summed E-state index contributed by atoms with van der Waals surface area (Å²) in [5, 5.41) is 3.09. The van der Waals surface area contributed by atoms with Crippen molar-refractivity contribution < 1.29 is 9.53 Å². The Morgan fingerprint density at radius 1 is 1.16 bits per heavy atom. The van der Waals surface area contributed by atoms with Crippen molar-refractivity contribution in [1.82, 2.24) is 15.1 Å². The lowest BCUT2D eigenvalue weighted by Crippen LogP contribution is -2.47. The Balaban J connectivity index is 1.51. The third-order valence-electron chi connectivity index (χ3n) is 5.29. The van der Waals surface area contributed by atoms with E-state index >= 15 is 0 Å². The Bertz CT molecular complexity index is 523. The monoisotopic (exact) mass is 345 g/mol. The predicted molar refractivity (Wildman–Crippen MR) is 99.5 cm³/mol. The summed E-state index contributed by atoms with van der Waals surface area (Å²) in [6.45, 7) is 5.95. The van der Waals surface area contributed by atoms with E-state index in [-0.39, 0.29) is 12.0 Å². The molecule has 1 heterocycles. The molecule has 0 bridgehead atoms. The molecule has 1 atom stereocenters. The van der Waals surface area contributed by atoms with Gasteiger partial charge in [0.2, 0.25) is 0 Å². The second-order valence-electron chi connectivity index (χ2n) is 7.27. The van der Waals surface area contributed by atoms with E-state index < -0.39 is 6.10 Å². The minimum absolute atomic E-state index is 0.00720. The van der Waals surface area contributed by atoms with E-state index in [0.29, 0.717) is 6.54 Å². The Morgan fingerprint density at radius 3 is 2.52 bits per heavy atom. The first kappa shape index (κ1) is 18.4. The molecule has 2 fully saturated rings. The highest BCUT2D eigenvalue weighted by Crippen LogP contribution is 2.28. The Labute approximate surface area is 151 Å². The summed E-state index contributed by atoms with van der Waals surface area (Å²) in [6.07, 6.45) is 4.27. The Kier molecular flexibility index (Phi) is 6.84. The maximum atomic E-state index is 12.8. The predicted octanol–water partition coefficient (Wildman–Crippen LogP) is 2.05. The molecule has 1 amide bonds. The van der Waals surface area contributed by atoms with Gasteiger partial charge >= 0.3 is 0 Å². The summed E-state index contributed by atoms with van der Waals surface area (Å²) in [5.41, 5.74) is 0.950. The number of likely N-dealkylation sites (N-methyl/N-ethyl adjacent to an activating group) is 1. The quantitative estimate of drug-likeness (QED) is 0.821. The Morgan fingerprint density at radius 2 is 1.84 bits per heavy atom. The van der Waals surface area contributed by atoms with E-state index in [9.17, 15) is 4.79 Å². The number of carbonyl (C=O) groups excluding carboxylic acids is 1. The molecule has 0 radical (unpaired) electrons. The lowest BCUT2D eigenvalue weighted by molar-refractivity contribution is -0.137. The minimum Gasteiger partial charge on any atom is -0.360 e. The SMILES string of the molecule is CN1CCN(CCNC(=O)[C@H](OC2CCCC2)c2ccccc2)CC1. The van der Waals surface area contributed by atoms with E-state index in [4.69, 9.17) is 4.74 Å². The van der Waals surface area contributed by atoms with Crippen LogP contribution in [-0.2, 0) is 9.53 Å². The first-order valence-corrected chi connectivity index (χ1v) is 9.61. The molecule has 1 aliphatic carbocycles. The van der Waals surface area contributed by atoms with Crippen LogP contribution in [0.4, 0.5) is 0 Å². The van der Waals surface area contributed by atoms with E-state index in [1.807, 2.05) is 30.3 Å². The van der Waals surface area contributed by atoms with Crippen LogP contribution in [0.5, 0.6) is 0 Å². The van der Waals surface area contributed by atoms with Crippen molar-refractivity contribution in [2.24, 2.45) is 0 Å². The van der Waals surface area contributed by atoms with Crippen molar-refractivity contribution in [3.63, 3.8) is 0 Å². The molecular formula is C20H31N3O2. The average Bonchev–Trinajstić information content (AvgIpc) is 3.15. The molecule has 25 heavy (non-hydrogen) atoms. The number of ether oxygens (including phenoxy) is 1. The maximum Gasteiger partial charge on any atom is 0.253 e. The molecule has 3 rings (SSSR count). The second-order valence-corrected chi connectivity index (χ2v) is 7.27. The third-order valence-corrected chi connectivity index (χ3v) is 5.29. The number of nitrogens with zero attached hydrogens (tertiary/aromatic N) is 2. The molecule has 2 aliphatic rings. The summed E-state index contributed by atoms with van der Waals surface area (Å²) in [4.78, 5) is 17.5. The fourth-order valence-electron chi connectivity index (χ4n) is 3.64. The Hall–Kier alpha value is -1.43. The standard InChI is InChI=1S/C20H31N3O2/c1-22-13-15-23(16-14-22)12-11-21-20(24)19(17-7-3-2-4-8-17)25-18-9-5-6-10-18/h2-4,7-8,18-19H,5-6,9-16H2,1H3,(H,21,24)/t19-/m1/s1. The topological polar surface area (TPSA) is 44.8 Å². The number of rotatable bonds is 7. The second kappa shape index (κ2) is 9.32. The molecule has 0 spiro atoms. The van der Waals surface area contributed by atoms with Gasteiger partial charge in [-0.05, 0) is 25.5 Å². The highest BCUT2D eigenvalue weighted by molar-refractivity contribution is 5.82. The van der Waals surface area contributed by atoms with Gasteiger partial charge < -0.3 is 15.0 Å². The number of nitrogens with one attached hydrogen (secondary N) is 1. The normalized spacial score (nSPS) is 21.3. The van der Waals surface area contributed by atoms with E-state index in [1.165, 1.54) is 12.8 Å². The molecule has 5 nitrogen and oxygen atoms in total. The minimum atomic E-state index is -0.489. The zero-order valence-electron chi connectivity index (χ0n) is 15.3. The van der Waals surface area contributed by atoms with Crippen LogP contribution in [0.25, 0.3) is 0 Å². The number of hydrogen-bond donors (Lipinski definition) is 1. The van der Waals surface area contributed by atoms with E-state index in [2.05, 4.69) is 22.2 Å². The zero-order chi connectivity index (χ0) is 17.5. The van der Waals surface area contributed by atoms with Crippen molar-refractivity contribution in [3.8, 4) is 0 Å². The van der Waals surface area contributed by atoms with Crippen LogP contribution >= 0.6 is 0 Å². The summed E-state index contributed by atoms with van der Waals surface area (Å²) in [5.74, 6) is -0.00720. The van der Waals surface area contributed by atoms with Crippen LogP contribution < -0.4 is 5.32 Å². The number of carbonyl (C=O) groups is 1. The molecule has 0 aromatic heterocycles.